The molecule has 4 N–H and O–H groups in total. The van der Waals surface area contributed by atoms with Gasteiger partial charge in [0.25, 0.3) is 0 Å². The SMILES string of the molecule is CCOC1CC(N=C(N)N)C1. The van der Waals surface area contributed by atoms with Gasteiger partial charge in [0.15, 0.2) is 5.96 Å². The molecule has 0 atom stereocenters. The third-order valence-corrected chi connectivity index (χ3v) is 1.80. The minimum Gasteiger partial charge on any atom is -0.378 e. The van der Waals surface area contributed by atoms with Crippen LogP contribution in [0.1, 0.15) is 19.8 Å². The van der Waals surface area contributed by atoms with E-state index in [1.807, 2.05) is 6.92 Å². The van der Waals surface area contributed by atoms with Crippen molar-refractivity contribution in [3.8, 4) is 0 Å². The van der Waals surface area contributed by atoms with Gasteiger partial charge in [-0.25, -0.2) is 0 Å². The Morgan fingerprint density at radius 3 is 2.64 bits per heavy atom. The summed E-state index contributed by atoms with van der Waals surface area (Å²) in [6.45, 7) is 2.77. The number of hydrogen-bond donors (Lipinski definition) is 2. The van der Waals surface area contributed by atoms with Crippen molar-refractivity contribution in [2.75, 3.05) is 6.61 Å². The van der Waals surface area contributed by atoms with Crippen LogP contribution in [0.15, 0.2) is 4.99 Å². The molecule has 1 saturated carbocycles. The minimum absolute atomic E-state index is 0.185. The molecule has 1 rings (SSSR count). The highest BCUT2D eigenvalue weighted by Crippen LogP contribution is 2.25. The molecular formula is C7H15N3O. The molecule has 0 heterocycles. The van der Waals surface area contributed by atoms with Crippen LogP contribution in [0.2, 0.25) is 0 Å². The van der Waals surface area contributed by atoms with Crippen molar-refractivity contribution in [3.63, 3.8) is 0 Å². The first kappa shape index (κ1) is 8.33. The number of guanidine groups is 1. The Morgan fingerprint density at radius 2 is 2.18 bits per heavy atom. The smallest absolute Gasteiger partial charge is 0.186 e. The van der Waals surface area contributed by atoms with Crippen molar-refractivity contribution < 1.29 is 4.74 Å². The Balaban J connectivity index is 2.14. The molecular weight excluding hydrogens is 142 g/mol. The zero-order chi connectivity index (χ0) is 8.27. The van der Waals surface area contributed by atoms with Gasteiger partial charge in [-0.3, -0.25) is 4.99 Å². The summed E-state index contributed by atoms with van der Waals surface area (Å²) in [6.07, 6.45) is 2.31. The van der Waals surface area contributed by atoms with Crippen LogP contribution in [-0.4, -0.2) is 24.7 Å². The van der Waals surface area contributed by atoms with Crippen molar-refractivity contribution in [2.24, 2.45) is 16.5 Å². The number of rotatable bonds is 3. The lowest BCUT2D eigenvalue weighted by Gasteiger charge is -2.31. The Hall–Kier alpha value is -0.770. The summed E-state index contributed by atoms with van der Waals surface area (Å²) in [7, 11) is 0. The summed E-state index contributed by atoms with van der Waals surface area (Å²) in [5, 5.41) is 0. The van der Waals surface area contributed by atoms with E-state index in [9.17, 15) is 0 Å². The van der Waals surface area contributed by atoms with Gasteiger partial charge in [0.2, 0.25) is 0 Å². The second-order valence-electron chi connectivity index (χ2n) is 2.76. The molecule has 1 aliphatic rings. The van der Waals surface area contributed by atoms with Gasteiger partial charge in [0, 0.05) is 6.61 Å². The molecule has 0 unspecified atom stereocenters. The topological polar surface area (TPSA) is 73.6 Å². The third-order valence-electron chi connectivity index (χ3n) is 1.80. The quantitative estimate of drug-likeness (QED) is 0.441. The highest BCUT2D eigenvalue weighted by atomic mass is 16.5. The minimum atomic E-state index is 0.185. The second-order valence-corrected chi connectivity index (χ2v) is 2.76. The molecule has 0 radical (unpaired) electrons. The van der Waals surface area contributed by atoms with Crippen molar-refractivity contribution in [2.45, 2.75) is 31.9 Å². The normalized spacial score (nSPS) is 29.2. The van der Waals surface area contributed by atoms with Gasteiger partial charge in [0.05, 0.1) is 12.1 Å². The third kappa shape index (κ3) is 2.38. The van der Waals surface area contributed by atoms with Gasteiger partial charge in [-0.05, 0) is 19.8 Å². The van der Waals surface area contributed by atoms with Gasteiger partial charge >= 0.3 is 0 Å². The summed E-state index contributed by atoms with van der Waals surface area (Å²) in [4.78, 5) is 4.01. The van der Waals surface area contributed by atoms with E-state index in [-0.39, 0.29) is 5.96 Å². The van der Waals surface area contributed by atoms with Crippen LogP contribution in [0.3, 0.4) is 0 Å². The van der Waals surface area contributed by atoms with Crippen molar-refractivity contribution in [1.82, 2.24) is 0 Å². The predicted octanol–water partition coefficient (Wildman–Crippen LogP) is -0.173. The van der Waals surface area contributed by atoms with Gasteiger partial charge in [-0.1, -0.05) is 0 Å². The van der Waals surface area contributed by atoms with Gasteiger partial charge in [0.1, 0.15) is 0 Å². The number of aliphatic imine (C=N–C) groups is 1. The molecule has 0 aromatic rings. The summed E-state index contributed by atoms with van der Waals surface area (Å²) >= 11 is 0. The maximum absolute atomic E-state index is 5.34. The van der Waals surface area contributed by atoms with Crippen molar-refractivity contribution in [1.29, 1.82) is 0 Å². The molecule has 1 aliphatic carbocycles. The van der Waals surface area contributed by atoms with Crippen LogP contribution in [0.25, 0.3) is 0 Å². The Bertz CT molecular complexity index is 148. The maximum atomic E-state index is 5.34. The number of nitrogens with two attached hydrogens (primary N) is 2. The summed E-state index contributed by atoms with van der Waals surface area (Å²) in [5.74, 6) is 0.185. The Kier molecular flexibility index (Phi) is 2.70. The maximum Gasteiger partial charge on any atom is 0.186 e. The average molecular weight is 157 g/mol. The van der Waals surface area contributed by atoms with Crippen LogP contribution in [0.4, 0.5) is 0 Å². The monoisotopic (exact) mass is 157 g/mol. The van der Waals surface area contributed by atoms with E-state index in [0.717, 1.165) is 19.4 Å². The first-order chi connectivity index (χ1) is 5.22. The number of hydrogen-bond acceptors (Lipinski definition) is 2. The van der Waals surface area contributed by atoms with E-state index in [4.69, 9.17) is 16.2 Å². The molecule has 11 heavy (non-hydrogen) atoms. The molecule has 1 fully saturated rings. The summed E-state index contributed by atoms with van der Waals surface area (Å²) < 4.78 is 5.34. The first-order valence-corrected chi connectivity index (χ1v) is 3.92. The molecule has 0 amide bonds. The van der Waals surface area contributed by atoms with E-state index >= 15 is 0 Å². The average Bonchev–Trinajstić information content (AvgIpc) is 1.82. The Morgan fingerprint density at radius 1 is 1.55 bits per heavy atom. The fourth-order valence-electron chi connectivity index (χ4n) is 1.23. The summed E-state index contributed by atoms with van der Waals surface area (Å²) in [6, 6.07) is 0.302. The molecule has 4 nitrogen and oxygen atoms in total. The van der Waals surface area contributed by atoms with E-state index in [2.05, 4.69) is 4.99 Å². The van der Waals surface area contributed by atoms with Crippen molar-refractivity contribution >= 4 is 5.96 Å². The van der Waals surface area contributed by atoms with E-state index < -0.39 is 0 Å². The van der Waals surface area contributed by atoms with E-state index in [1.54, 1.807) is 0 Å². The van der Waals surface area contributed by atoms with E-state index in [0.29, 0.717) is 12.1 Å². The van der Waals surface area contributed by atoms with Crippen LogP contribution in [0.5, 0.6) is 0 Å². The lowest BCUT2D eigenvalue weighted by Crippen LogP contribution is -2.37. The lowest BCUT2D eigenvalue weighted by molar-refractivity contribution is -0.000723. The highest BCUT2D eigenvalue weighted by molar-refractivity contribution is 5.75. The van der Waals surface area contributed by atoms with Crippen LogP contribution in [0, 0.1) is 0 Å². The van der Waals surface area contributed by atoms with Crippen molar-refractivity contribution in [3.05, 3.63) is 0 Å². The van der Waals surface area contributed by atoms with Crippen LogP contribution >= 0.6 is 0 Å². The largest absolute Gasteiger partial charge is 0.378 e. The molecule has 0 bridgehead atoms. The lowest BCUT2D eigenvalue weighted by atomic mass is 9.90. The number of ether oxygens (including phenoxy) is 1. The second kappa shape index (κ2) is 3.57. The molecule has 0 spiro atoms. The van der Waals surface area contributed by atoms with Gasteiger partial charge < -0.3 is 16.2 Å². The van der Waals surface area contributed by atoms with Gasteiger partial charge in [-0.15, -0.1) is 0 Å². The molecule has 0 aromatic heterocycles. The molecule has 64 valence electrons. The first-order valence-electron chi connectivity index (χ1n) is 3.92. The molecule has 0 aromatic carbocycles. The zero-order valence-corrected chi connectivity index (χ0v) is 6.79. The Labute approximate surface area is 66.6 Å². The van der Waals surface area contributed by atoms with E-state index in [1.165, 1.54) is 0 Å². The molecule has 0 saturated heterocycles. The fourth-order valence-corrected chi connectivity index (χ4v) is 1.23. The molecule has 0 aliphatic heterocycles. The van der Waals surface area contributed by atoms with Crippen LogP contribution in [-0.2, 0) is 4.74 Å². The highest BCUT2D eigenvalue weighted by Gasteiger charge is 2.28. The fraction of sp³-hybridized carbons (Fsp3) is 0.857. The van der Waals surface area contributed by atoms with Crippen LogP contribution < -0.4 is 11.5 Å². The predicted molar refractivity (Wildman–Crippen MR) is 44.2 cm³/mol. The summed E-state index contributed by atoms with van der Waals surface area (Å²) in [5.41, 5.74) is 10.4. The number of nitrogens with zero attached hydrogens (tertiary/aromatic N) is 1. The standard InChI is InChI=1S/C7H15N3O/c1-2-11-6-3-5(4-6)10-7(8)9/h5-6H,2-4H2,1H3,(H4,8,9,10). The zero-order valence-electron chi connectivity index (χ0n) is 6.79. The molecule has 4 heteroatoms. The van der Waals surface area contributed by atoms with Gasteiger partial charge in [-0.2, -0.15) is 0 Å².